The van der Waals surface area contributed by atoms with Gasteiger partial charge in [-0.1, -0.05) is 27.7 Å². The number of carbonyl (C=O) groups is 1. The topological polar surface area (TPSA) is 46.1 Å². The van der Waals surface area contributed by atoms with Crippen molar-refractivity contribution in [3.63, 3.8) is 0 Å². The molecule has 0 aromatic carbocycles. The lowest BCUT2D eigenvalue weighted by molar-refractivity contribution is -0.122. The van der Waals surface area contributed by atoms with E-state index in [1.807, 2.05) is 24.7 Å². The van der Waals surface area contributed by atoms with Crippen LogP contribution in [-0.4, -0.2) is 23.6 Å². The standard InChI is InChI=1S/C16H29N3O/c1-11(2)13(5)18-15(20)10-19-8-7-14(9-19)16(17-6)12(3)4/h7-9,11-13,16-17H,10H2,1-6H3,(H,18,20). The fraction of sp³-hybridized carbons (Fsp3) is 0.688. The van der Waals surface area contributed by atoms with Gasteiger partial charge in [0.05, 0.1) is 0 Å². The number of nitrogens with zero attached hydrogens (tertiary/aromatic N) is 1. The Hall–Kier alpha value is -1.29. The molecule has 4 nitrogen and oxygen atoms in total. The van der Waals surface area contributed by atoms with Crippen LogP contribution in [0.3, 0.4) is 0 Å². The molecule has 114 valence electrons. The lowest BCUT2D eigenvalue weighted by Crippen LogP contribution is -2.37. The molecule has 20 heavy (non-hydrogen) atoms. The molecule has 1 rings (SSSR count). The highest BCUT2D eigenvalue weighted by Crippen LogP contribution is 2.21. The van der Waals surface area contributed by atoms with Crippen LogP contribution in [0, 0.1) is 11.8 Å². The number of carbonyl (C=O) groups excluding carboxylic acids is 1. The smallest absolute Gasteiger partial charge is 0.240 e. The van der Waals surface area contributed by atoms with Crippen molar-refractivity contribution in [2.45, 2.75) is 53.2 Å². The van der Waals surface area contributed by atoms with E-state index in [4.69, 9.17) is 0 Å². The lowest BCUT2D eigenvalue weighted by atomic mass is 9.99. The summed E-state index contributed by atoms with van der Waals surface area (Å²) < 4.78 is 1.95. The maximum absolute atomic E-state index is 12.0. The molecule has 1 aromatic rings. The van der Waals surface area contributed by atoms with Crippen LogP contribution in [0.2, 0.25) is 0 Å². The Kier molecular flexibility index (Phi) is 6.27. The van der Waals surface area contributed by atoms with E-state index in [0.29, 0.717) is 24.4 Å². The predicted molar refractivity (Wildman–Crippen MR) is 83.5 cm³/mol. The zero-order valence-electron chi connectivity index (χ0n) is 13.6. The van der Waals surface area contributed by atoms with E-state index in [9.17, 15) is 4.79 Å². The summed E-state index contributed by atoms with van der Waals surface area (Å²) in [6.07, 6.45) is 4.03. The van der Waals surface area contributed by atoms with Crippen LogP contribution in [0.5, 0.6) is 0 Å². The molecule has 0 aliphatic rings. The highest BCUT2D eigenvalue weighted by molar-refractivity contribution is 5.76. The Labute approximate surface area is 122 Å². The molecule has 4 heteroatoms. The van der Waals surface area contributed by atoms with Gasteiger partial charge in [-0.25, -0.2) is 0 Å². The van der Waals surface area contributed by atoms with E-state index >= 15 is 0 Å². The maximum atomic E-state index is 12.0. The summed E-state index contributed by atoms with van der Waals surface area (Å²) in [6, 6.07) is 2.62. The van der Waals surface area contributed by atoms with Crippen molar-refractivity contribution in [1.82, 2.24) is 15.2 Å². The molecule has 1 heterocycles. The second-order valence-corrected chi connectivity index (χ2v) is 6.23. The van der Waals surface area contributed by atoms with Crippen LogP contribution in [0.1, 0.15) is 46.2 Å². The van der Waals surface area contributed by atoms with Crippen molar-refractivity contribution in [3.05, 3.63) is 24.0 Å². The first kappa shape index (κ1) is 16.8. The van der Waals surface area contributed by atoms with Crippen molar-refractivity contribution < 1.29 is 4.79 Å². The monoisotopic (exact) mass is 279 g/mol. The lowest BCUT2D eigenvalue weighted by Gasteiger charge is -2.19. The van der Waals surface area contributed by atoms with E-state index < -0.39 is 0 Å². The van der Waals surface area contributed by atoms with Gasteiger partial charge in [0.15, 0.2) is 0 Å². The summed E-state index contributed by atoms with van der Waals surface area (Å²) in [7, 11) is 1.97. The quantitative estimate of drug-likeness (QED) is 0.806. The molecular weight excluding hydrogens is 250 g/mol. The van der Waals surface area contributed by atoms with E-state index in [-0.39, 0.29) is 11.9 Å². The molecule has 0 spiro atoms. The highest BCUT2D eigenvalue weighted by Gasteiger charge is 2.15. The first-order chi connectivity index (χ1) is 9.35. The SMILES string of the molecule is CNC(c1ccn(CC(=O)NC(C)C(C)C)c1)C(C)C. The summed E-state index contributed by atoms with van der Waals surface area (Å²) in [6.45, 7) is 11.0. The Morgan fingerprint density at radius 1 is 1.20 bits per heavy atom. The van der Waals surface area contributed by atoms with Gasteiger partial charge in [0.1, 0.15) is 6.54 Å². The zero-order chi connectivity index (χ0) is 15.3. The molecule has 0 saturated carbocycles. The molecule has 0 aliphatic carbocycles. The van der Waals surface area contributed by atoms with Crippen molar-refractivity contribution in [2.75, 3.05) is 7.05 Å². The minimum atomic E-state index is 0.0684. The third-order valence-corrected chi connectivity index (χ3v) is 3.82. The normalized spacial score (nSPS) is 14.6. The van der Waals surface area contributed by atoms with Crippen LogP contribution in [0.15, 0.2) is 18.5 Å². The van der Waals surface area contributed by atoms with Crippen molar-refractivity contribution in [2.24, 2.45) is 11.8 Å². The summed E-state index contributed by atoms with van der Waals surface area (Å²) in [5, 5.41) is 6.35. The second-order valence-electron chi connectivity index (χ2n) is 6.23. The average Bonchev–Trinajstić information content (AvgIpc) is 2.77. The zero-order valence-corrected chi connectivity index (χ0v) is 13.6. The minimum Gasteiger partial charge on any atom is -0.352 e. The van der Waals surface area contributed by atoms with E-state index in [1.54, 1.807) is 0 Å². The first-order valence-corrected chi connectivity index (χ1v) is 7.47. The van der Waals surface area contributed by atoms with Gasteiger partial charge >= 0.3 is 0 Å². The number of nitrogens with one attached hydrogen (secondary N) is 2. The van der Waals surface area contributed by atoms with Crippen LogP contribution in [0.4, 0.5) is 0 Å². The molecule has 0 saturated heterocycles. The largest absolute Gasteiger partial charge is 0.352 e. The average molecular weight is 279 g/mol. The molecule has 0 radical (unpaired) electrons. The molecule has 0 fully saturated rings. The van der Waals surface area contributed by atoms with E-state index in [0.717, 1.165) is 0 Å². The van der Waals surface area contributed by atoms with Gasteiger partial charge in [-0.15, -0.1) is 0 Å². The number of hydrogen-bond acceptors (Lipinski definition) is 2. The van der Waals surface area contributed by atoms with E-state index in [2.05, 4.69) is 50.6 Å². The van der Waals surface area contributed by atoms with Gasteiger partial charge < -0.3 is 15.2 Å². The summed E-state index contributed by atoms with van der Waals surface area (Å²) >= 11 is 0. The van der Waals surface area contributed by atoms with Gasteiger partial charge in [-0.05, 0) is 37.4 Å². The first-order valence-electron chi connectivity index (χ1n) is 7.47. The van der Waals surface area contributed by atoms with Crippen molar-refractivity contribution in [1.29, 1.82) is 0 Å². The van der Waals surface area contributed by atoms with Gasteiger partial charge in [-0.2, -0.15) is 0 Å². The number of rotatable bonds is 7. The molecule has 2 unspecified atom stereocenters. The number of amides is 1. The molecule has 1 amide bonds. The minimum absolute atomic E-state index is 0.0684. The molecule has 2 atom stereocenters. The van der Waals surface area contributed by atoms with Crippen molar-refractivity contribution >= 4 is 5.91 Å². The Balaban J connectivity index is 2.62. The summed E-state index contributed by atoms with van der Waals surface area (Å²) in [4.78, 5) is 12.0. The van der Waals surface area contributed by atoms with Crippen LogP contribution < -0.4 is 10.6 Å². The van der Waals surface area contributed by atoms with Gasteiger partial charge in [0.25, 0.3) is 0 Å². The van der Waals surface area contributed by atoms with Crippen LogP contribution >= 0.6 is 0 Å². The maximum Gasteiger partial charge on any atom is 0.240 e. The Bertz CT molecular complexity index is 423. The van der Waals surface area contributed by atoms with Gasteiger partial charge in [-0.3, -0.25) is 4.79 Å². The highest BCUT2D eigenvalue weighted by atomic mass is 16.2. The summed E-state index contributed by atoms with van der Waals surface area (Å²) in [5.41, 5.74) is 1.23. The van der Waals surface area contributed by atoms with E-state index in [1.165, 1.54) is 5.56 Å². The molecule has 0 aliphatic heterocycles. The fourth-order valence-corrected chi connectivity index (χ4v) is 2.26. The second kappa shape index (κ2) is 7.48. The van der Waals surface area contributed by atoms with Crippen LogP contribution in [0.25, 0.3) is 0 Å². The molecule has 1 aromatic heterocycles. The number of aromatic nitrogens is 1. The molecule has 2 N–H and O–H groups in total. The third-order valence-electron chi connectivity index (χ3n) is 3.82. The number of hydrogen-bond donors (Lipinski definition) is 2. The summed E-state index contributed by atoms with van der Waals surface area (Å²) in [5.74, 6) is 1.04. The molecular formula is C16H29N3O. The third kappa shape index (κ3) is 4.67. The Morgan fingerprint density at radius 2 is 1.85 bits per heavy atom. The van der Waals surface area contributed by atoms with Crippen LogP contribution in [-0.2, 0) is 11.3 Å². The van der Waals surface area contributed by atoms with Crippen molar-refractivity contribution in [3.8, 4) is 0 Å². The van der Waals surface area contributed by atoms with Gasteiger partial charge in [0.2, 0.25) is 5.91 Å². The Morgan fingerprint density at radius 3 is 2.35 bits per heavy atom. The predicted octanol–water partition coefficient (Wildman–Crippen LogP) is 2.57. The molecule has 0 bridgehead atoms. The fourth-order valence-electron chi connectivity index (χ4n) is 2.26. The van der Waals surface area contributed by atoms with Gasteiger partial charge in [0, 0.05) is 24.5 Å².